The van der Waals surface area contributed by atoms with Gasteiger partial charge in [0, 0.05) is 25.2 Å². The Kier molecular flexibility index (Phi) is 3.76. The van der Waals surface area contributed by atoms with E-state index in [9.17, 15) is 0 Å². The van der Waals surface area contributed by atoms with Crippen LogP contribution in [-0.2, 0) is 0 Å². The van der Waals surface area contributed by atoms with Crippen LogP contribution >= 0.6 is 0 Å². The highest BCUT2D eigenvalue weighted by Gasteiger charge is 2.34. The Hall–Kier alpha value is -1.06. The van der Waals surface area contributed by atoms with E-state index in [1.54, 1.807) is 7.11 Å². The second-order valence-electron chi connectivity index (χ2n) is 5.85. The molecule has 1 aromatic carbocycles. The molecule has 0 bridgehead atoms. The number of piperidine rings is 1. The molecule has 104 valence electrons. The Morgan fingerprint density at radius 2 is 2.26 bits per heavy atom. The third-order valence-corrected chi connectivity index (χ3v) is 4.81. The third-order valence-electron chi connectivity index (χ3n) is 4.81. The summed E-state index contributed by atoms with van der Waals surface area (Å²) in [6, 6.07) is 9.75. The zero-order chi connectivity index (χ0) is 13.2. The maximum Gasteiger partial charge on any atom is 0.119 e. The lowest BCUT2D eigenvalue weighted by Gasteiger charge is -2.38. The quantitative estimate of drug-likeness (QED) is 0.903. The number of hydrogen-bond donors (Lipinski definition) is 1. The molecule has 2 heterocycles. The molecule has 0 aliphatic carbocycles. The minimum atomic E-state index is 0.483. The van der Waals surface area contributed by atoms with Crippen LogP contribution in [0.4, 0.5) is 0 Å². The molecule has 19 heavy (non-hydrogen) atoms. The van der Waals surface area contributed by atoms with Crippen molar-refractivity contribution in [2.45, 2.75) is 31.8 Å². The van der Waals surface area contributed by atoms with Gasteiger partial charge in [-0.3, -0.25) is 4.90 Å². The largest absolute Gasteiger partial charge is 0.497 e. The van der Waals surface area contributed by atoms with Gasteiger partial charge >= 0.3 is 0 Å². The lowest BCUT2D eigenvalue weighted by atomic mass is 9.91. The van der Waals surface area contributed by atoms with Crippen LogP contribution in [0.3, 0.4) is 0 Å². The summed E-state index contributed by atoms with van der Waals surface area (Å²) in [4.78, 5) is 2.63. The molecule has 2 aliphatic heterocycles. The zero-order valence-electron chi connectivity index (χ0n) is 11.9. The van der Waals surface area contributed by atoms with Crippen molar-refractivity contribution in [3.63, 3.8) is 0 Å². The number of ether oxygens (including phenoxy) is 1. The number of hydrogen-bond acceptors (Lipinski definition) is 3. The Morgan fingerprint density at radius 3 is 3.11 bits per heavy atom. The van der Waals surface area contributed by atoms with Gasteiger partial charge in [0.1, 0.15) is 5.75 Å². The van der Waals surface area contributed by atoms with Crippen molar-refractivity contribution in [1.82, 2.24) is 10.2 Å². The van der Waals surface area contributed by atoms with Crippen LogP contribution < -0.4 is 10.1 Å². The smallest absolute Gasteiger partial charge is 0.119 e. The van der Waals surface area contributed by atoms with E-state index in [-0.39, 0.29) is 0 Å². The summed E-state index contributed by atoms with van der Waals surface area (Å²) in [6.45, 7) is 5.96. The average molecular weight is 260 g/mol. The molecule has 0 saturated carbocycles. The van der Waals surface area contributed by atoms with Gasteiger partial charge in [-0.15, -0.1) is 0 Å². The number of nitrogens with zero attached hydrogens (tertiary/aromatic N) is 1. The molecular weight excluding hydrogens is 236 g/mol. The maximum absolute atomic E-state index is 5.33. The van der Waals surface area contributed by atoms with E-state index in [1.165, 1.54) is 38.0 Å². The van der Waals surface area contributed by atoms with Crippen LogP contribution in [0.2, 0.25) is 0 Å². The van der Waals surface area contributed by atoms with Crippen molar-refractivity contribution in [2.75, 3.05) is 26.7 Å². The Balaban J connectivity index is 1.70. The maximum atomic E-state index is 5.33. The molecule has 3 unspecified atom stereocenters. The van der Waals surface area contributed by atoms with Crippen molar-refractivity contribution in [2.24, 2.45) is 5.92 Å². The van der Waals surface area contributed by atoms with E-state index in [0.717, 1.165) is 17.7 Å². The SMILES string of the molecule is COc1cccc(C(C)N2CCC3NCCC3C2)c1. The summed E-state index contributed by atoms with van der Waals surface area (Å²) < 4.78 is 5.33. The van der Waals surface area contributed by atoms with Gasteiger partial charge in [0.2, 0.25) is 0 Å². The number of nitrogens with one attached hydrogen (secondary N) is 1. The van der Waals surface area contributed by atoms with Crippen molar-refractivity contribution in [3.8, 4) is 5.75 Å². The molecule has 0 spiro atoms. The fraction of sp³-hybridized carbons (Fsp3) is 0.625. The monoisotopic (exact) mass is 260 g/mol. The van der Waals surface area contributed by atoms with Crippen molar-refractivity contribution in [1.29, 1.82) is 0 Å². The van der Waals surface area contributed by atoms with Gasteiger partial charge < -0.3 is 10.1 Å². The topological polar surface area (TPSA) is 24.5 Å². The normalized spacial score (nSPS) is 28.9. The Morgan fingerprint density at radius 1 is 1.37 bits per heavy atom. The number of rotatable bonds is 3. The van der Waals surface area contributed by atoms with Gasteiger partial charge in [-0.05, 0) is 49.9 Å². The summed E-state index contributed by atoms with van der Waals surface area (Å²) in [6.07, 6.45) is 2.63. The fourth-order valence-corrected chi connectivity index (χ4v) is 3.54. The first kappa shape index (κ1) is 12.9. The molecule has 2 aliphatic rings. The van der Waals surface area contributed by atoms with Gasteiger partial charge in [0.25, 0.3) is 0 Å². The zero-order valence-corrected chi connectivity index (χ0v) is 11.9. The van der Waals surface area contributed by atoms with Crippen LogP contribution in [0, 0.1) is 5.92 Å². The van der Waals surface area contributed by atoms with E-state index in [2.05, 4.69) is 35.3 Å². The molecule has 1 aromatic rings. The Labute approximate surface area is 115 Å². The molecular formula is C16H24N2O. The second kappa shape index (κ2) is 5.51. The molecule has 2 saturated heterocycles. The lowest BCUT2D eigenvalue weighted by molar-refractivity contribution is 0.122. The van der Waals surface area contributed by atoms with Gasteiger partial charge in [0.05, 0.1) is 7.11 Å². The molecule has 0 amide bonds. The molecule has 0 aromatic heterocycles. The van der Waals surface area contributed by atoms with Gasteiger partial charge in [-0.2, -0.15) is 0 Å². The van der Waals surface area contributed by atoms with Crippen molar-refractivity contribution < 1.29 is 4.74 Å². The standard InChI is InChI=1S/C16H24N2O/c1-12(13-4-3-5-15(10-13)19-2)18-9-7-16-14(11-18)6-8-17-16/h3-5,10,12,14,16-17H,6-9,11H2,1-2H3. The van der Waals surface area contributed by atoms with Crippen molar-refractivity contribution >= 4 is 0 Å². The molecule has 3 nitrogen and oxygen atoms in total. The van der Waals surface area contributed by atoms with Crippen LogP contribution in [0.25, 0.3) is 0 Å². The summed E-state index contributed by atoms with van der Waals surface area (Å²) in [7, 11) is 1.74. The predicted octanol–water partition coefficient (Wildman–Crippen LogP) is 2.44. The van der Waals surface area contributed by atoms with Crippen LogP contribution in [0.5, 0.6) is 5.75 Å². The van der Waals surface area contributed by atoms with Crippen LogP contribution in [0.15, 0.2) is 24.3 Å². The van der Waals surface area contributed by atoms with Gasteiger partial charge in [-0.25, -0.2) is 0 Å². The highest BCUT2D eigenvalue weighted by atomic mass is 16.5. The van der Waals surface area contributed by atoms with Gasteiger partial charge in [-0.1, -0.05) is 12.1 Å². The van der Waals surface area contributed by atoms with E-state index < -0.39 is 0 Å². The molecule has 1 N–H and O–H groups in total. The predicted molar refractivity (Wildman–Crippen MR) is 77.5 cm³/mol. The van der Waals surface area contributed by atoms with E-state index in [4.69, 9.17) is 4.74 Å². The van der Waals surface area contributed by atoms with E-state index in [1.807, 2.05) is 6.07 Å². The first-order valence-electron chi connectivity index (χ1n) is 7.39. The molecule has 3 atom stereocenters. The molecule has 3 heteroatoms. The van der Waals surface area contributed by atoms with Crippen LogP contribution in [0.1, 0.15) is 31.4 Å². The number of fused-ring (bicyclic) bond motifs is 1. The highest BCUT2D eigenvalue weighted by molar-refractivity contribution is 5.30. The average Bonchev–Trinajstić information content (AvgIpc) is 2.94. The summed E-state index contributed by atoms with van der Waals surface area (Å²) in [5, 5.41) is 3.63. The van der Waals surface area contributed by atoms with Gasteiger partial charge in [0.15, 0.2) is 0 Å². The Bertz CT molecular complexity index is 435. The number of benzene rings is 1. The summed E-state index contributed by atoms with van der Waals surface area (Å²) in [5.74, 6) is 1.81. The summed E-state index contributed by atoms with van der Waals surface area (Å²) >= 11 is 0. The van der Waals surface area contributed by atoms with Crippen molar-refractivity contribution in [3.05, 3.63) is 29.8 Å². The molecule has 0 radical (unpaired) electrons. The molecule has 2 fully saturated rings. The minimum absolute atomic E-state index is 0.483. The number of likely N-dealkylation sites (tertiary alicyclic amines) is 1. The first-order valence-corrected chi connectivity index (χ1v) is 7.39. The second-order valence-corrected chi connectivity index (χ2v) is 5.85. The highest BCUT2D eigenvalue weighted by Crippen LogP contribution is 2.31. The third kappa shape index (κ3) is 2.63. The molecule has 3 rings (SSSR count). The van der Waals surface area contributed by atoms with E-state index >= 15 is 0 Å². The van der Waals surface area contributed by atoms with Crippen LogP contribution in [-0.4, -0.2) is 37.7 Å². The fourth-order valence-electron chi connectivity index (χ4n) is 3.54. The van der Waals surface area contributed by atoms with E-state index in [0.29, 0.717) is 6.04 Å². The summed E-state index contributed by atoms with van der Waals surface area (Å²) in [5.41, 5.74) is 1.36. The lowest BCUT2D eigenvalue weighted by Crippen LogP contribution is -2.45. The first-order chi connectivity index (χ1) is 9.28. The minimum Gasteiger partial charge on any atom is -0.497 e. The number of methoxy groups -OCH3 is 1.